The first-order chi connectivity index (χ1) is 8.25. The van der Waals surface area contributed by atoms with Crippen LogP contribution < -0.4 is 10.5 Å². The fraction of sp³-hybridized carbons (Fsp3) is 0.455. The van der Waals surface area contributed by atoms with E-state index in [0.717, 1.165) is 0 Å². The second-order valence-corrected chi connectivity index (χ2v) is 4.65. The van der Waals surface area contributed by atoms with Gasteiger partial charge in [-0.1, -0.05) is 6.07 Å². The van der Waals surface area contributed by atoms with E-state index < -0.39 is 24.7 Å². The number of ether oxygens (including phenoxy) is 1. The molecule has 0 amide bonds. The Morgan fingerprint density at radius 1 is 1.42 bits per heavy atom. The number of hydrogen-bond donors (Lipinski definition) is 2. The summed E-state index contributed by atoms with van der Waals surface area (Å²) < 4.78 is 42.3. The molecule has 2 atom stereocenters. The summed E-state index contributed by atoms with van der Waals surface area (Å²) in [5, 5.41) is 9.70. The maximum Gasteiger partial charge on any atom is 0.403 e. The minimum absolute atomic E-state index is 0. The number of methoxy groups -OCH3 is 1. The van der Waals surface area contributed by atoms with E-state index in [1.165, 1.54) is 19.2 Å². The average Bonchev–Trinajstić information content (AvgIpc) is 2.27. The molecule has 8 heteroatoms. The van der Waals surface area contributed by atoms with Crippen molar-refractivity contribution in [2.75, 3.05) is 7.11 Å². The zero-order valence-corrected chi connectivity index (χ0v) is 12.3. The fourth-order valence-corrected chi connectivity index (χ4v) is 1.96. The van der Waals surface area contributed by atoms with Gasteiger partial charge in [0.2, 0.25) is 0 Å². The molecule has 0 fully saturated rings. The predicted molar refractivity (Wildman–Crippen MR) is 71.5 cm³/mol. The van der Waals surface area contributed by atoms with Gasteiger partial charge in [-0.2, -0.15) is 13.2 Å². The summed E-state index contributed by atoms with van der Waals surface area (Å²) in [5.74, 6) is 0.533. The number of aliphatic hydroxyl groups excluding tert-OH is 1. The Bertz CT molecular complexity index is 417. The number of aliphatic hydroxyl groups is 1. The molecule has 0 saturated carbocycles. The maximum atomic E-state index is 12.3. The van der Waals surface area contributed by atoms with E-state index in [2.05, 4.69) is 15.9 Å². The molecular formula is C11H14BrClF3NO2. The molecule has 110 valence electrons. The lowest BCUT2D eigenvalue weighted by atomic mass is 10.0. The zero-order chi connectivity index (χ0) is 13.9. The van der Waals surface area contributed by atoms with Gasteiger partial charge in [-0.15, -0.1) is 12.4 Å². The highest BCUT2D eigenvalue weighted by atomic mass is 79.9. The molecule has 0 aliphatic rings. The maximum absolute atomic E-state index is 12.3. The van der Waals surface area contributed by atoms with Crippen LogP contribution >= 0.6 is 28.3 Å². The van der Waals surface area contributed by atoms with Crippen molar-refractivity contribution in [2.45, 2.75) is 24.7 Å². The predicted octanol–water partition coefficient (Wildman–Crippen LogP) is 3.19. The lowest BCUT2D eigenvalue weighted by Crippen LogP contribution is -2.38. The lowest BCUT2D eigenvalue weighted by Gasteiger charge is -2.19. The Labute approximate surface area is 123 Å². The van der Waals surface area contributed by atoms with Crippen molar-refractivity contribution in [3.8, 4) is 5.75 Å². The summed E-state index contributed by atoms with van der Waals surface area (Å²) in [4.78, 5) is 0. The summed E-state index contributed by atoms with van der Waals surface area (Å²) in [6.45, 7) is 0. The second-order valence-electron chi connectivity index (χ2n) is 3.79. The van der Waals surface area contributed by atoms with Crippen molar-refractivity contribution in [3.05, 3.63) is 28.2 Å². The van der Waals surface area contributed by atoms with Gasteiger partial charge in [0.15, 0.2) is 0 Å². The third-order valence-corrected chi connectivity index (χ3v) is 3.08. The molecule has 0 aliphatic heterocycles. The van der Waals surface area contributed by atoms with Crippen LogP contribution in [0, 0.1) is 0 Å². The van der Waals surface area contributed by atoms with Gasteiger partial charge in [-0.25, -0.2) is 0 Å². The van der Waals surface area contributed by atoms with Crippen LogP contribution in [0.1, 0.15) is 18.1 Å². The van der Waals surface area contributed by atoms with E-state index in [4.69, 9.17) is 10.5 Å². The smallest absolute Gasteiger partial charge is 0.403 e. The van der Waals surface area contributed by atoms with Gasteiger partial charge in [0, 0.05) is 6.42 Å². The van der Waals surface area contributed by atoms with Crippen LogP contribution in [0.25, 0.3) is 0 Å². The normalized spacial score (nSPS) is 14.5. The van der Waals surface area contributed by atoms with Crippen molar-refractivity contribution in [2.24, 2.45) is 5.73 Å². The molecule has 0 heterocycles. The number of hydrogen-bond acceptors (Lipinski definition) is 3. The quantitative estimate of drug-likeness (QED) is 0.863. The first-order valence-corrected chi connectivity index (χ1v) is 5.88. The Balaban J connectivity index is 0.00000324. The second kappa shape index (κ2) is 7.33. The highest BCUT2D eigenvalue weighted by Gasteiger charge is 2.37. The van der Waals surface area contributed by atoms with E-state index in [0.29, 0.717) is 15.8 Å². The van der Waals surface area contributed by atoms with Crippen LogP contribution in [0.3, 0.4) is 0 Å². The van der Waals surface area contributed by atoms with Crippen LogP contribution in [-0.4, -0.2) is 24.4 Å². The Kier molecular flexibility index (Phi) is 7.13. The molecule has 3 nitrogen and oxygen atoms in total. The Morgan fingerprint density at radius 2 is 2.00 bits per heavy atom. The topological polar surface area (TPSA) is 55.5 Å². The summed E-state index contributed by atoms with van der Waals surface area (Å²) in [6.07, 6.45) is -6.36. The third kappa shape index (κ3) is 5.18. The molecule has 0 aliphatic carbocycles. The highest BCUT2D eigenvalue weighted by molar-refractivity contribution is 9.10. The molecule has 0 saturated heterocycles. The highest BCUT2D eigenvalue weighted by Crippen LogP contribution is 2.31. The van der Waals surface area contributed by atoms with Gasteiger partial charge < -0.3 is 15.6 Å². The Morgan fingerprint density at radius 3 is 2.42 bits per heavy atom. The minimum Gasteiger partial charge on any atom is -0.496 e. The largest absolute Gasteiger partial charge is 0.496 e. The molecule has 0 aromatic heterocycles. The number of alkyl halides is 3. The van der Waals surface area contributed by atoms with Gasteiger partial charge in [0.05, 0.1) is 17.7 Å². The molecule has 19 heavy (non-hydrogen) atoms. The molecule has 0 radical (unpaired) electrons. The summed E-state index contributed by atoms with van der Waals surface area (Å²) in [6, 6.07) is 2.51. The van der Waals surface area contributed by atoms with Gasteiger partial charge in [0.25, 0.3) is 0 Å². The first-order valence-electron chi connectivity index (χ1n) is 5.09. The Hall–Kier alpha value is -0.500. The molecule has 3 N–H and O–H groups in total. The fourth-order valence-electron chi connectivity index (χ4n) is 1.40. The summed E-state index contributed by atoms with van der Waals surface area (Å²) in [7, 11) is 1.47. The molecule has 1 rings (SSSR count). The van der Waals surface area contributed by atoms with E-state index in [1.54, 1.807) is 6.07 Å². The van der Waals surface area contributed by atoms with Crippen LogP contribution in [0.4, 0.5) is 13.2 Å². The monoisotopic (exact) mass is 363 g/mol. The van der Waals surface area contributed by atoms with Crippen molar-refractivity contribution in [1.82, 2.24) is 0 Å². The first kappa shape index (κ1) is 18.5. The van der Waals surface area contributed by atoms with Crippen LogP contribution in [-0.2, 0) is 0 Å². The molecule has 0 unspecified atom stereocenters. The molecule has 1 aromatic rings. The van der Waals surface area contributed by atoms with Crippen molar-refractivity contribution in [1.29, 1.82) is 0 Å². The van der Waals surface area contributed by atoms with Crippen LogP contribution in [0.15, 0.2) is 22.7 Å². The zero-order valence-electron chi connectivity index (χ0n) is 9.95. The van der Waals surface area contributed by atoms with Gasteiger partial charge in [0.1, 0.15) is 11.8 Å². The van der Waals surface area contributed by atoms with Gasteiger partial charge in [-0.3, -0.25) is 0 Å². The third-order valence-electron chi connectivity index (χ3n) is 2.46. The molecule has 1 aromatic carbocycles. The van der Waals surface area contributed by atoms with E-state index in [-0.39, 0.29) is 12.4 Å². The number of nitrogens with two attached hydrogens (primary N) is 1. The van der Waals surface area contributed by atoms with Gasteiger partial charge >= 0.3 is 6.18 Å². The molecule has 0 spiro atoms. The summed E-state index contributed by atoms with van der Waals surface area (Å²) >= 11 is 3.19. The lowest BCUT2D eigenvalue weighted by molar-refractivity contribution is -0.153. The minimum atomic E-state index is -4.51. The number of benzene rings is 1. The van der Waals surface area contributed by atoms with Crippen LogP contribution in [0.2, 0.25) is 0 Å². The number of halogens is 5. The number of rotatable bonds is 4. The molecule has 0 bridgehead atoms. The standard InChI is InChI=1S/C11H13BrF3NO2.ClH/c1-18-9-3-2-6(4-7(9)12)8(17)5-10(16)11(13,14)15;/h2-4,8,10,17H,5,16H2,1H3;1H/t8-,10+;/m0./s1. The van der Waals surface area contributed by atoms with E-state index in [1.807, 2.05) is 0 Å². The SMILES string of the molecule is COc1ccc([C@@H](O)C[C@@H](N)C(F)(F)F)cc1Br.Cl. The summed E-state index contributed by atoms with van der Waals surface area (Å²) in [5.41, 5.74) is 5.31. The van der Waals surface area contributed by atoms with Crippen LogP contribution in [0.5, 0.6) is 5.75 Å². The van der Waals surface area contributed by atoms with Gasteiger partial charge in [-0.05, 0) is 33.6 Å². The van der Waals surface area contributed by atoms with E-state index >= 15 is 0 Å². The average molecular weight is 365 g/mol. The van der Waals surface area contributed by atoms with Crippen molar-refractivity contribution < 1.29 is 23.0 Å². The molecular weight excluding hydrogens is 350 g/mol. The van der Waals surface area contributed by atoms with Crippen molar-refractivity contribution >= 4 is 28.3 Å². The van der Waals surface area contributed by atoms with Crippen molar-refractivity contribution in [3.63, 3.8) is 0 Å². The van der Waals surface area contributed by atoms with E-state index in [9.17, 15) is 18.3 Å².